The molecule has 0 unspecified atom stereocenters. The van der Waals surface area contributed by atoms with E-state index in [1.165, 1.54) is 0 Å². The Morgan fingerprint density at radius 1 is 1.35 bits per heavy atom. The van der Waals surface area contributed by atoms with Gasteiger partial charge in [-0.15, -0.1) is 0 Å². The summed E-state index contributed by atoms with van der Waals surface area (Å²) in [5.41, 5.74) is 1.31. The second kappa shape index (κ2) is 6.86. The average Bonchev–Trinajstić information content (AvgIpc) is 2.45. The highest BCUT2D eigenvalue weighted by Gasteiger charge is 2.06. The van der Waals surface area contributed by atoms with E-state index in [0.717, 1.165) is 10.9 Å². The van der Waals surface area contributed by atoms with Crippen molar-refractivity contribution in [2.24, 2.45) is 0 Å². The van der Waals surface area contributed by atoms with Gasteiger partial charge in [-0.1, -0.05) is 18.2 Å². The molecule has 0 saturated carbocycles. The van der Waals surface area contributed by atoms with E-state index in [9.17, 15) is 9.59 Å². The van der Waals surface area contributed by atoms with Crippen LogP contribution in [0.15, 0.2) is 35.1 Å². The fourth-order valence-corrected chi connectivity index (χ4v) is 2.01. The maximum absolute atomic E-state index is 11.9. The average molecular weight is 274 g/mol. The second-order valence-corrected chi connectivity index (χ2v) is 4.55. The first-order chi connectivity index (χ1) is 9.70. The molecule has 0 spiro atoms. The van der Waals surface area contributed by atoms with Crippen LogP contribution in [0.25, 0.3) is 10.9 Å². The highest BCUT2D eigenvalue weighted by molar-refractivity contribution is 5.79. The molecule has 0 bridgehead atoms. The molecule has 5 nitrogen and oxygen atoms in total. The normalized spacial score (nSPS) is 10.7. The predicted molar refractivity (Wildman–Crippen MR) is 77.8 cm³/mol. The minimum absolute atomic E-state index is 0.0744. The first kappa shape index (κ1) is 14.3. The van der Waals surface area contributed by atoms with Crippen molar-refractivity contribution in [3.8, 4) is 0 Å². The Hall–Kier alpha value is -2.14. The van der Waals surface area contributed by atoms with Crippen LogP contribution in [0, 0.1) is 0 Å². The Kier molecular flexibility index (Phi) is 4.90. The molecular weight excluding hydrogens is 256 g/mol. The van der Waals surface area contributed by atoms with E-state index in [-0.39, 0.29) is 11.5 Å². The number of pyridine rings is 1. The smallest absolute Gasteiger partial charge is 0.251 e. The third-order valence-electron chi connectivity index (χ3n) is 3.08. The summed E-state index contributed by atoms with van der Waals surface area (Å²) >= 11 is 0. The van der Waals surface area contributed by atoms with E-state index in [4.69, 9.17) is 4.74 Å². The number of benzene rings is 1. The van der Waals surface area contributed by atoms with Crippen LogP contribution >= 0.6 is 0 Å². The fraction of sp³-hybridized carbons (Fsp3) is 0.333. The molecule has 1 heterocycles. The molecule has 1 amide bonds. The third-order valence-corrected chi connectivity index (χ3v) is 3.08. The number of carbonyl (C=O) groups excluding carboxylic acids is 1. The van der Waals surface area contributed by atoms with Crippen molar-refractivity contribution >= 4 is 16.8 Å². The lowest BCUT2D eigenvalue weighted by molar-refractivity contribution is -0.121. The number of aryl methyl sites for hydroxylation is 1. The van der Waals surface area contributed by atoms with E-state index in [1.807, 2.05) is 30.3 Å². The maximum atomic E-state index is 11.9. The number of rotatable bonds is 6. The lowest BCUT2D eigenvalue weighted by atomic mass is 10.1. The van der Waals surface area contributed by atoms with E-state index < -0.39 is 0 Å². The number of hydrogen-bond acceptors (Lipinski definition) is 3. The number of aromatic amines is 1. The number of H-pyrrole nitrogens is 1. The van der Waals surface area contributed by atoms with Crippen LogP contribution in [0.2, 0.25) is 0 Å². The van der Waals surface area contributed by atoms with Gasteiger partial charge in [-0.2, -0.15) is 0 Å². The molecule has 1 aromatic carbocycles. The van der Waals surface area contributed by atoms with Crippen LogP contribution in [0.3, 0.4) is 0 Å². The molecule has 20 heavy (non-hydrogen) atoms. The zero-order chi connectivity index (χ0) is 14.4. The minimum atomic E-state index is -0.131. The molecule has 1 aromatic heterocycles. The summed E-state index contributed by atoms with van der Waals surface area (Å²) in [4.78, 5) is 26.3. The van der Waals surface area contributed by atoms with Crippen molar-refractivity contribution in [1.29, 1.82) is 0 Å². The number of aromatic nitrogens is 1. The highest BCUT2D eigenvalue weighted by atomic mass is 16.5. The summed E-state index contributed by atoms with van der Waals surface area (Å²) in [5, 5.41) is 3.71. The quantitative estimate of drug-likeness (QED) is 0.778. The Labute approximate surface area is 117 Å². The van der Waals surface area contributed by atoms with Crippen molar-refractivity contribution in [2.75, 3.05) is 20.3 Å². The molecular formula is C15H18N2O3. The van der Waals surface area contributed by atoms with Crippen LogP contribution in [-0.4, -0.2) is 31.2 Å². The summed E-state index contributed by atoms with van der Waals surface area (Å²) in [6, 6.07) is 9.44. The highest BCUT2D eigenvalue weighted by Crippen LogP contribution is 2.10. The number of carbonyl (C=O) groups is 1. The van der Waals surface area contributed by atoms with Crippen molar-refractivity contribution in [1.82, 2.24) is 10.3 Å². The minimum Gasteiger partial charge on any atom is -0.383 e. The number of nitrogens with one attached hydrogen (secondary N) is 2. The van der Waals surface area contributed by atoms with E-state index in [2.05, 4.69) is 10.3 Å². The number of methoxy groups -OCH3 is 1. The van der Waals surface area contributed by atoms with Crippen molar-refractivity contribution < 1.29 is 9.53 Å². The Bertz CT molecular complexity index is 649. The summed E-state index contributed by atoms with van der Waals surface area (Å²) in [7, 11) is 1.58. The van der Waals surface area contributed by atoms with Gasteiger partial charge in [0.15, 0.2) is 0 Å². The molecule has 0 saturated heterocycles. The van der Waals surface area contributed by atoms with Gasteiger partial charge in [0.2, 0.25) is 5.91 Å². The zero-order valence-electron chi connectivity index (χ0n) is 11.4. The summed E-state index contributed by atoms with van der Waals surface area (Å²) in [5.74, 6) is -0.0744. The van der Waals surface area contributed by atoms with Crippen molar-refractivity contribution in [2.45, 2.75) is 12.8 Å². The molecule has 2 rings (SSSR count). The van der Waals surface area contributed by atoms with E-state index in [0.29, 0.717) is 31.6 Å². The summed E-state index contributed by atoms with van der Waals surface area (Å²) < 4.78 is 4.85. The molecule has 2 N–H and O–H groups in total. The molecule has 106 valence electrons. The van der Waals surface area contributed by atoms with Gasteiger partial charge >= 0.3 is 0 Å². The van der Waals surface area contributed by atoms with Crippen LogP contribution in [0.1, 0.15) is 12.0 Å². The van der Waals surface area contributed by atoms with E-state index in [1.54, 1.807) is 7.11 Å². The van der Waals surface area contributed by atoms with Crippen LogP contribution in [0.4, 0.5) is 0 Å². The third kappa shape index (κ3) is 3.68. The van der Waals surface area contributed by atoms with Gasteiger partial charge < -0.3 is 15.0 Å². The van der Waals surface area contributed by atoms with Crippen molar-refractivity contribution in [3.63, 3.8) is 0 Å². The molecule has 0 aliphatic carbocycles. The molecule has 0 atom stereocenters. The standard InChI is InChI=1S/C15H18N2O3/c1-20-9-8-16-14(18)7-6-12-10-11-4-2-3-5-13(11)17-15(12)19/h2-5,10H,6-9H2,1H3,(H,16,18)(H,17,19). The van der Waals surface area contributed by atoms with Gasteiger partial charge in [0.25, 0.3) is 5.56 Å². The number of amides is 1. The van der Waals surface area contributed by atoms with Gasteiger partial charge in [0.05, 0.1) is 6.61 Å². The van der Waals surface area contributed by atoms with Crippen LogP contribution in [-0.2, 0) is 16.0 Å². The zero-order valence-corrected chi connectivity index (χ0v) is 11.4. The maximum Gasteiger partial charge on any atom is 0.251 e. The van der Waals surface area contributed by atoms with E-state index >= 15 is 0 Å². The van der Waals surface area contributed by atoms with Gasteiger partial charge in [-0.3, -0.25) is 9.59 Å². The molecule has 0 fully saturated rings. The first-order valence-electron chi connectivity index (χ1n) is 6.57. The van der Waals surface area contributed by atoms with Crippen LogP contribution < -0.4 is 10.9 Å². The molecule has 0 aliphatic heterocycles. The first-order valence-corrected chi connectivity index (χ1v) is 6.57. The number of hydrogen-bond donors (Lipinski definition) is 2. The Morgan fingerprint density at radius 2 is 2.15 bits per heavy atom. The number of ether oxygens (including phenoxy) is 1. The molecule has 2 aromatic rings. The van der Waals surface area contributed by atoms with Gasteiger partial charge in [-0.05, 0) is 23.9 Å². The lowest BCUT2D eigenvalue weighted by Crippen LogP contribution is -2.27. The largest absolute Gasteiger partial charge is 0.383 e. The second-order valence-electron chi connectivity index (χ2n) is 4.55. The summed E-state index contributed by atoms with van der Waals surface area (Å²) in [6.07, 6.45) is 0.726. The number of fused-ring (bicyclic) bond motifs is 1. The lowest BCUT2D eigenvalue weighted by Gasteiger charge is -2.05. The van der Waals surface area contributed by atoms with Gasteiger partial charge in [0, 0.05) is 31.2 Å². The van der Waals surface area contributed by atoms with Gasteiger partial charge in [-0.25, -0.2) is 0 Å². The van der Waals surface area contributed by atoms with Crippen molar-refractivity contribution in [3.05, 3.63) is 46.2 Å². The fourth-order valence-electron chi connectivity index (χ4n) is 2.01. The Morgan fingerprint density at radius 3 is 2.95 bits per heavy atom. The summed E-state index contributed by atoms with van der Waals surface area (Å²) in [6.45, 7) is 0.978. The monoisotopic (exact) mass is 274 g/mol. The molecule has 0 radical (unpaired) electrons. The molecule has 0 aliphatic rings. The predicted octanol–water partition coefficient (Wildman–Crippen LogP) is 1.22. The molecule has 5 heteroatoms. The number of para-hydroxylation sites is 1. The van der Waals surface area contributed by atoms with Crippen LogP contribution in [0.5, 0.6) is 0 Å². The van der Waals surface area contributed by atoms with Gasteiger partial charge in [0.1, 0.15) is 0 Å². The topological polar surface area (TPSA) is 71.2 Å². The SMILES string of the molecule is COCCNC(=O)CCc1cc2ccccc2[nH]c1=O. The Balaban J connectivity index is 2.01.